The third kappa shape index (κ3) is 2.75. The van der Waals surface area contributed by atoms with Gasteiger partial charge in [-0.3, -0.25) is 0 Å². The molecule has 3 rings (SSSR count). The van der Waals surface area contributed by atoms with Gasteiger partial charge in [0, 0.05) is 18.8 Å². The van der Waals surface area contributed by atoms with Gasteiger partial charge in [-0.15, -0.1) is 34.0 Å². The Hall–Kier alpha value is -1.16. The van der Waals surface area contributed by atoms with E-state index in [1.54, 1.807) is 22.7 Å². The Morgan fingerprint density at radius 1 is 0.706 bits per heavy atom. The maximum atomic E-state index is 2.24. The van der Waals surface area contributed by atoms with Gasteiger partial charge < -0.3 is 0 Å². The minimum Gasteiger partial charge on any atom is -0.144 e. The van der Waals surface area contributed by atoms with E-state index in [1.807, 2.05) is 11.3 Å². The topological polar surface area (TPSA) is 0 Å². The van der Waals surface area contributed by atoms with Crippen molar-refractivity contribution in [3.05, 3.63) is 66.0 Å². The second-order valence-corrected chi connectivity index (χ2v) is 6.67. The summed E-state index contributed by atoms with van der Waals surface area (Å²) in [5.74, 6) is 0. The number of hydrogen-bond acceptors (Lipinski definition) is 3. The highest BCUT2D eigenvalue weighted by atomic mass is 32.1. The maximum absolute atomic E-state index is 2.24. The standard InChI is InChI=1S/C14H10S3/c1-3-11(15-7-1)9-13-5-6-14(17-13)10-12-4-2-8-16-12/h1-10H/b13-9-,14-10+. The molecule has 0 spiro atoms. The molecule has 0 nitrogen and oxygen atoms in total. The molecule has 0 amide bonds. The van der Waals surface area contributed by atoms with Crippen LogP contribution in [0.2, 0.25) is 0 Å². The minimum absolute atomic E-state index is 1.31. The van der Waals surface area contributed by atoms with Crippen LogP contribution in [0, 0.1) is 0 Å². The van der Waals surface area contributed by atoms with Gasteiger partial charge in [0.05, 0.1) is 0 Å². The first kappa shape index (κ1) is 11.0. The van der Waals surface area contributed by atoms with Crippen molar-refractivity contribution in [3.63, 3.8) is 0 Å². The molecule has 0 aromatic carbocycles. The molecule has 17 heavy (non-hydrogen) atoms. The van der Waals surface area contributed by atoms with E-state index in [-0.39, 0.29) is 0 Å². The van der Waals surface area contributed by atoms with Crippen molar-refractivity contribution in [1.82, 2.24) is 0 Å². The molecule has 0 bridgehead atoms. The van der Waals surface area contributed by atoms with Gasteiger partial charge in [-0.05, 0) is 47.2 Å². The summed E-state index contributed by atoms with van der Waals surface area (Å²) in [5, 5.41) is 4.22. The number of rotatable bonds is 2. The zero-order valence-electron chi connectivity index (χ0n) is 9.00. The fourth-order valence-electron chi connectivity index (χ4n) is 1.55. The lowest BCUT2D eigenvalue weighted by Crippen LogP contribution is -1.91. The predicted molar refractivity (Wildman–Crippen MR) is 79.3 cm³/mol. The summed E-state index contributed by atoms with van der Waals surface area (Å²) >= 11 is 5.38. The SMILES string of the molecule is C(/c1cccs1)=c1\cc/c(=C\c2cccs2)s1. The molecule has 0 aliphatic carbocycles. The van der Waals surface area contributed by atoms with Crippen LogP contribution in [0.1, 0.15) is 9.75 Å². The Morgan fingerprint density at radius 3 is 1.65 bits per heavy atom. The van der Waals surface area contributed by atoms with Gasteiger partial charge >= 0.3 is 0 Å². The molecule has 0 N–H and O–H groups in total. The van der Waals surface area contributed by atoms with Gasteiger partial charge in [-0.25, -0.2) is 0 Å². The quantitative estimate of drug-likeness (QED) is 0.670. The molecule has 0 atom stereocenters. The lowest BCUT2D eigenvalue weighted by Gasteiger charge is -1.79. The van der Waals surface area contributed by atoms with E-state index in [0.29, 0.717) is 0 Å². The van der Waals surface area contributed by atoms with Crippen LogP contribution >= 0.6 is 34.0 Å². The zero-order chi connectivity index (χ0) is 11.5. The molecular formula is C14H10S3. The highest BCUT2D eigenvalue weighted by molar-refractivity contribution is 7.12. The predicted octanol–water partition coefficient (Wildman–Crippen LogP) is 3.53. The van der Waals surface area contributed by atoms with E-state index in [9.17, 15) is 0 Å². The van der Waals surface area contributed by atoms with Crippen molar-refractivity contribution in [2.45, 2.75) is 0 Å². The van der Waals surface area contributed by atoms with E-state index in [0.717, 1.165) is 0 Å². The highest BCUT2D eigenvalue weighted by Crippen LogP contribution is 2.10. The van der Waals surface area contributed by atoms with Crippen LogP contribution in [0.25, 0.3) is 12.2 Å². The second kappa shape index (κ2) is 5.00. The molecule has 0 radical (unpaired) electrons. The summed E-state index contributed by atoms with van der Waals surface area (Å²) in [5.41, 5.74) is 0. The van der Waals surface area contributed by atoms with E-state index < -0.39 is 0 Å². The van der Waals surface area contributed by atoms with Crippen LogP contribution in [0.5, 0.6) is 0 Å². The Kier molecular flexibility index (Phi) is 3.22. The summed E-state index contributed by atoms with van der Waals surface area (Å²) < 4.78 is 2.63. The van der Waals surface area contributed by atoms with Gasteiger partial charge in [-0.2, -0.15) is 0 Å². The van der Waals surface area contributed by atoms with Gasteiger partial charge in [-0.1, -0.05) is 12.1 Å². The fraction of sp³-hybridized carbons (Fsp3) is 0. The third-order valence-corrected chi connectivity index (χ3v) is 4.92. The molecule has 3 aromatic rings. The molecule has 0 saturated heterocycles. The third-order valence-electron chi connectivity index (χ3n) is 2.30. The zero-order valence-corrected chi connectivity index (χ0v) is 11.4. The van der Waals surface area contributed by atoms with Crippen LogP contribution < -0.4 is 9.06 Å². The highest BCUT2D eigenvalue weighted by Gasteiger charge is 1.91. The lowest BCUT2D eigenvalue weighted by atomic mass is 10.4. The van der Waals surface area contributed by atoms with E-state index in [1.165, 1.54) is 18.8 Å². The Balaban J connectivity index is 1.99. The van der Waals surface area contributed by atoms with Crippen LogP contribution in [0.3, 0.4) is 0 Å². The minimum atomic E-state index is 1.31. The van der Waals surface area contributed by atoms with Crippen molar-refractivity contribution in [1.29, 1.82) is 0 Å². The molecule has 0 fully saturated rings. The average molecular weight is 274 g/mol. The monoisotopic (exact) mass is 274 g/mol. The molecule has 3 aromatic heterocycles. The molecule has 3 heteroatoms. The van der Waals surface area contributed by atoms with Crippen LogP contribution in [0.4, 0.5) is 0 Å². The van der Waals surface area contributed by atoms with Gasteiger partial charge in [0.15, 0.2) is 0 Å². The summed E-state index contributed by atoms with van der Waals surface area (Å²) in [6, 6.07) is 12.8. The molecule has 84 valence electrons. The summed E-state index contributed by atoms with van der Waals surface area (Å²) in [6.45, 7) is 0. The first-order valence-corrected chi connectivity index (χ1v) is 7.84. The smallest absolute Gasteiger partial charge is 0.0290 e. The van der Waals surface area contributed by atoms with Crippen molar-refractivity contribution >= 4 is 46.2 Å². The van der Waals surface area contributed by atoms with Crippen LogP contribution in [-0.4, -0.2) is 0 Å². The van der Waals surface area contributed by atoms with Crippen LogP contribution in [0.15, 0.2) is 47.2 Å². The summed E-state index contributed by atoms with van der Waals surface area (Å²) in [6.07, 6.45) is 4.47. The second-order valence-electron chi connectivity index (χ2n) is 3.56. The van der Waals surface area contributed by atoms with E-state index >= 15 is 0 Å². The summed E-state index contributed by atoms with van der Waals surface area (Å²) in [7, 11) is 0. The lowest BCUT2D eigenvalue weighted by molar-refractivity contribution is 1.83. The molecule has 3 heterocycles. The molecule has 0 aliphatic heterocycles. The average Bonchev–Trinajstić information content (AvgIpc) is 3.02. The number of thiophene rings is 3. The summed E-state index contributed by atoms with van der Waals surface area (Å²) in [4.78, 5) is 2.63. The van der Waals surface area contributed by atoms with Gasteiger partial charge in [0.25, 0.3) is 0 Å². The normalized spacial score (nSPS) is 13.4. The van der Waals surface area contributed by atoms with E-state index in [4.69, 9.17) is 0 Å². The first-order chi connectivity index (χ1) is 8.40. The molecule has 0 saturated carbocycles. The van der Waals surface area contributed by atoms with Gasteiger partial charge in [0.1, 0.15) is 0 Å². The van der Waals surface area contributed by atoms with Crippen molar-refractivity contribution in [2.24, 2.45) is 0 Å². The fourth-order valence-corrected chi connectivity index (χ4v) is 3.95. The molecular weight excluding hydrogens is 264 g/mol. The first-order valence-electron chi connectivity index (χ1n) is 5.26. The van der Waals surface area contributed by atoms with Crippen LogP contribution in [-0.2, 0) is 0 Å². The Labute approximate surface area is 112 Å². The number of hydrogen-bond donors (Lipinski definition) is 0. The Morgan fingerprint density at radius 2 is 1.24 bits per heavy atom. The van der Waals surface area contributed by atoms with E-state index in [2.05, 4.69) is 59.3 Å². The van der Waals surface area contributed by atoms with Crippen molar-refractivity contribution < 1.29 is 0 Å². The maximum Gasteiger partial charge on any atom is 0.0290 e. The van der Waals surface area contributed by atoms with Crippen molar-refractivity contribution in [2.75, 3.05) is 0 Å². The molecule has 0 aliphatic rings. The largest absolute Gasteiger partial charge is 0.144 e. The molecule has 0 unspecified atom stereocenters. The van der Waals surface area contributed by atoms with Gasteiger partial charge in [0.2, 0.25) is 0 Å². The van der Waals surface area contributed by atoms with Crippen molar-refractivity contribution in [3.8, 4) is 0 Å². The Bertz CT molecular complexity index is 624.